The quantitative estimate of drug-likeness (QED) is 0.742. The van der Waals surface area contributed by atoms with Gasteiger partial charge >= 0.3 is 6.43 Å². The molecule has 0 aliphatic heterocycles. The summed E-state index contributed by atoms with van der Waals surface area (Å²) in [6.07, 6.45) is -2.95. The highest BCUT2D eigenvalue weighted by Gasteiger charge is 2.17. The molecule has 0 amide bonds. The van der Waals surface area contributed by atoms with Crippen molar-refractivity contribution in [1.29, 1.82) is 0 Å². The molecular formula is C12H8F2OS. The Hall–Kier alpha value is -1.55. The monoisotopic (exact) mass is 238 g/mol. The van der Waals surface area contributed by atoms with Crippen molar-refractivity contribution in [3.05, 3.63) is 47.3 Å². The summed E-state index contributed by atoms with van der Waals surface area (Å²) < 4.78 is 24.5. The average molecular weight is 238 g/mol. The van der Waals surface area contributed by atoms with Crippen LogP contribution in [0, 0.1) is 0 Å². The maximum atomic E-state index is 12.2. The molecule has 0 radical (unpaired) electrons. The molecule has 2 rings (SSSR count). The van der Waals surface area contributed by atoms with E-state index in [4.69, 9.17) is 0 Å². The Labute approximate surface area is 95.4 Å². The Kier molecular flexibility index (Phi) is 3.10. The molecule has 1 aromatic heterocycles. The highest BCUT2D eigenvalue weighted by Crippen LogP contribution is 2.25. The maximum absolute atomic E-state index is 12.2. The molecule has 4 heteroatoms. The van der Waals surface area contributed by atoms with E-state index in [1.54, 1.807) is 12.1 Å². The zero-order chi connectivity index (χ0) is 11.5. The van der Waals surface area contributed by atoms with Crippen LogP contribution in [0.3, 0.4) is 0 Å². The minimum Gasteiger partial charge on any atom is -0.288 e. The first-order valence-corrected chi connectivity index (χ1v) is 5.53. The van der Waals surface area contributed by atoms with Crippen LogP contribution in [0.25, 0.3) is 10.4 Å². The third-order valence-corrected chi connectivity index (χ3v) is 3.07. The van der Waals surface area contributed by atoms with Gasteiger partial charge < -0.3 is 0 Å². The predicted molar refractivity (Wildman–Crippen MR) is 60.1 cm³/mol. The summed E-state index contributed by atoms with van der Waals surface area (Å²) in [5.74, 6) is -1.13. The van der Waals surface area contributed by atoms with Crippen LogP contribution in [0.1, 0.15) is 10.4 Å². The fourth-order valence-electron chi connectivity index (χ4n) is 1.39. The number of Topliss-reactive ketones (excluding diaryl/α,β-unsaturated/α-hetero) is 1. The van der Waals surface area contributed by atoms with Crippen molar-refractivity contribution >= 4 is 17.1 Å². The van der Waals surface area contributed by atoms with Crippen molar-refractivity contribution in [3.63, 3.8) is 0 Å². The SMILES string of the molecule is O=C(c1cccc(-c2cccs2)c1)C(F)F. The smallest absolute Gasteiger partial charge is 0.288 e. The molecule has 1 heterocycles. The fraction of sp³-hybridized carbons (Fsp3) is 0.0833. The molecular weight excluding hydrogens is 230 g/mol. The van der Waals surface area contributed by atoms with E-state index >= 15 is 0 Å². The van der Waals surface area contributed by atoms with Crippen molar-refractivity contribution in [2.24, 2.45) is 0 Å². The predicted octanol–water partition coefficient (Wildman–Crippen LogP) is 3.86. The van der Waals surface area contributed by atoms with Gasteiger partial charge in [-0.3, -0.25) is 4.79 Å². The van der Waals surface area contributed by atoms with Crippen LogP contribution in [0.5, 0.6) is 0 Å². The largest absolute Gasteiger partial charge is 0.300 e. The number of ketones is 1. The summed E-state index contributed by atoms with van der Waals surface area (Å²) in [5, 5.41) is 1.90. The Balaban J connectivity index is 2.37. The van der Waals surface area contributed by atoms with Crippen molar-refractivity contribution in [2.75, 3.05) is 0 Å². The molecule has 0 bridgehead atoms. The third kappa shape index (κ3) is 2.17. The number of rotatable bonds is 3. The van der Waals surface area contributed by atoms with Crippen LogP contribution in [-0.4, -0.2) is 12.2 Å². The zero-order valence-electron chi connectivity index (χ0n) is 8.19. The zero-order valence-corrected chi connectivity index (χ0v) is 9.01. The summed E-state index contributed by atoms with van der Waals surface area (Å²) in [4.78, 5) is 12.1. The van der Waals surface area contributed by atoms with E-state index in [9.17, 15) is 13.6 Å². The van der Waals surface area contributed by atoms with E-state index in [1.807, 2.05) is 17.5 Å². The Morgan fingerprint density at radius 1 is 1.19 bits per heavy atom. The van der Waals surface area contributed by atoms with Gasteiger partial charge in [0, 0.05) is 10.4 Å². The van der Waals surface area contributed by atoms with Gasteiger partial charge in [-0.15, -0.1) is 11.3 Å². The van der Waals surface area contributed by atoms with Crippen molar-refractivity contribution in [1.82, 2.24) is 0 Å². The topological polar surface area (TPSA) is 17.1 Å². The molecule has 0 spiro atoms. The first-order valence-electron chi connectivity index (χ1n) is 4.65. The number of carbonyl (C=O) groups excluding carboxylic acids is 1. The lowest BCUT2D eigenvalue weighted by Crippen LogP contribution is -2.09. The van der Waals surface area contributed by atoms with Gasteiger partial charge in [-0.05, 0) is 23.1 Å². The number of hydrogen-bond donors (Lipinski definition) is 0. The van der Waals surface area contributed by atoms with Gasteiger partial charge in [0.1, 0.15) is 0 Å². The fourth-order valence-corrected chi connectivity index (χ4v) is 2.12. The molecule has 0 aliphatic carbocycles. The van der Waals surface area contributed by atoms with E-state index in [0.717, 1.165) is 10.4 Å². The number of thiophene rings is 1. The van der Waals surface area contributed by atoms with Gasteiger partial charge in [0.05, 0.1) is 0 Å². The molecule has 1 nitrogen and oxygen atoms in total. The Morgan fingerprint density at radius 3 is 2.62 bits per heavy atom. The van der Waals surface area contributed by atoms with Crippen LogP contribution in [0.4, 0.5) is 8.78 Å². The van der Waals surface area contributed by atoms with Crippen molar-refractivity contribution in [3.8, 4) is 10.4 Å². The van der Waals surface area contributed by atoms with Crippen LogP contribution in [-0.2, 0) is 0 Å². The first kappa shape index (κ1) is 11.0. The van der Waals surface area contributed by atoms with E-state index in [2.05, 4.69) is 0 Å². The van der Waals surface area contributed by atoms with Gasteiger partial charge in [0.15, 0.2) is 0 Å². The summed E-state index contributed by atoms with van der Waals surface area (Å²) in [5.41, 5.74) is 0.849. The van der Waals surface area contributed by atoms with Crippen LogP contribution < -0.4 is 0 Å². The third-order valence-electron chi connectivity index (χ3n) is 2.15. The van der Waals surface area contributed by atoms with Crippen molar-refractivity contribution in [2.45, 2.75) is 6.43 Å². The Morgan fingerprint density at radius 2 is 2.00 bits per heavy atom. The van der Waals surface area contributed by atoms with E-state index in [1.165, 1.54) is 23.5 Å². The average Bonchev–Trinajstić information content (AvgIpc) is 2.81. The lowest BCUT2D eigenvalue weighted by Gasteiger charge is -2.02. The molecule has 0 atom stereocenters. The highest BCUT2D eigenvalue weighted by atomic mass is 32.1. The number of alkyl halides is 2. The molecule has 0 unspecified atom stereocenters. The molecule has 0 saturated carbocycles. The minimum atomic E-state index is -2.95. The van der Waals surface area contributed by atoms with Crippen LogP contribution in [0.15, 0.2) is 41.8 Å². The number of benzene rings is 1. The summed E-state index contributed by atoms with van der Waals surface area (Å²) in [6, 6.07) is 10.1. The van der Waals surface area contributed by atoms with E-state index in [0.29, 0.717) is 0 Å². The second kappa shape index (κ2) is 4.53. The normalized spacial score (nSPS) is 10.7. The maximum Gasteiger partial charge on any atom is 0.300 e. The molecule has 16 heavy (non-hydrogen) atoms. The summed E-state index contributed by atoms with van der Waals surface area (Å²) in [6.45, 7) is 0. The van der Waals surface area contributed by atoms with E-state index in [-0.39, 0.29) is 5.56 Å². The molecule has 82 valence electrons. The second-order valence-electron chi connectivity index (χ2n) is 3.22. The molecule has 2 aromatic rings. The lowest BCUT2D eigenvalue weighted by molar-refractivity contribution is 0.0679. The van der Waals surface area contributed by atoms with Crippen LogP contribution >= 0.6 is 11.3 Å². The minimum absolute atomic E-state index is 0.0564. The first-order chi connectivity index (χ1) is 7.68. The second-order valence-corrected chi connectivity index (χ2v) is 4.17. The summed E-state index contributed by atoms with van der Waals surface area (Å²) >= 11 is 1.51. The Bertz CT molecular complexity index is 491. The number of hydrogen-bond acceptors (Lipinski definition) is 2. The number of carbonyl (C=O) groups is 1. The summed E-state index contributed by atoms with van der Waals surface area (Å²) in [7, 11) is 0. The van der Waals surface area contributed by atoms with Gasteiger partial charge in [-0.25, -0.2) is 8.78 Å². The van der Waals surface area contributed by atoms with Gasteiger partial charge in [-0.1, -0.05) is 24.3 Å². The molecule has 0 saturated heterocycles. The standard InChI is InChI=1S/C12H8F2OS/c13-12(14)11(15)9-4-1-3-8(7-9)10-5-2-6-16-10/h1-7,12H. The highest BCUT2D eigenvalue weighted by molar-refractivity contribution is 7.13. The molecule has 0 aliphatic rings. The van der Waals surface area contributed by atoms with Gasteiger partial charge in [0.25, 0.3) is 0 Å². The molecule has 1 aromatic carbocycles. The van der Waals surface area contributed by atoms with Gasteiger partial charge in [0.2, 0.25) is 5.78 Å². The van der Waals surface area contributed by atoms with Gasteiger partial charge in [-0.2, -0.15) is 0 Å². The number of halogens is 2. The molecule has 0 fully saturated rings. The lowest BCUT2D eigenvalue weighted by atomic mass is 10.1. The van der Waals surface area contributed by atoms with Crippen LogP contribution in [0.2, 0.25) is 0 Å². The van der Waals surface area contributed by atoms with Crippen molar-refractivity contribution < 1.29 is 13.6 Å². The molecule has 0 N–H and O–H groups in total. The van der Waals surface area contributed by atoms with E-state index < -0.39 is 12.2 Å².